The van der Waals surface area contributed by atoms with Gasteiger partial charge in [-0.1, -0.05) is 12.1 Å². The Bertz CT molecular complexity index is 870. The van der Waals surface area contributed by atoms with Crippen LogP contribution in [0.4, 0.5) is 0 Å². The molecule has 0 aliphatic carbocycles. The normalized spacial score (nSPS) is 18.8. The van der Waals surface area contributed by atoms with E-state index in [1.807, 2.05) is 24.3 Å². The molecule has 0 saturated carbocycles. The van der Waals surface area contributed by atoms with Crippen LogP contribution in [-0.4, -0.2) is 61.3 Å². The van der Waals surface area contributed by atoms with Crippen molar-refractivity contribution in [2.45, 2.75) is 18.8 Å². The lowest BCUT2D eigenvalue weighted by molar-refractivity contribution is 0.296. The molecule has 2 aromatic rings. The molecule has 1 aliphatic heterocycles. The van der Waals surface area contributed by atoms with Gasteiger partial charge in [-0.05, 0) is 25.0 Å². The van der Waals surface area contributed by atoms with Crippen molar-refractivity contribution in [2.24, 2.45) is 0 Å². The van der Waals surface area contributed by atoms with Crippen LogP contribution >= 0.6 is 0 Å². The van der Waals surface area contributed by atoms with Crippen LogP contribution in [-0.2, 0) is 10.2 Å². The van der Waals surface area contributed by atoms with Crippen LogP contribution in [0.5, 0.6) is 5.75 Å². The Balaban J connectivity index is 1.86. The first-order chi connectivity index (χ1) is 12.4. The Kier molecular flexibility index (Phi) is 5.55. The summed E-state index contributed by atoms with van der Waals surface area (Å²) < 4.78 is 32.9. The third-order valence-electron chi connectivity index (χ3n) is 4.61. The summed E-state index contributed by atoms with van der Waals surface area (Å²) in [5.74, 6) is 0.798. The van der Waals surface area contributed by atoms with Gasteiger partial charge in [0, 0.05) is 44.9 Å². The molecular weight excluding hydrogens is 352 g/mol. The summed E-state index contributed by atoms with van der Waals surface area (Å²) in [7, 11) is 1.33. The zero-order valence-corrected chi connectivity index (χ0v) is 16.1. The van der Waals surface area contributed by atoms with E-state index in [0.29, 0.717) is 13.1 Å². The van der Waals surface area contributed by atoms with Gasteiger partial charge in [-0.3, -0.25) is 4.98 Å². The van der Waals surface area contributed by atoms with E-state index in [4.69, 9.17) is 9.72 Å². The van der Waals surface area contributed by atoms with Gasteiger partial charge in [0.15, 0.2) is 0 Å². The summed E-state index contributed by atoms with van der Waals surface area (Å²) in [4.78, 5) is 9.08. The van der Waals surface area contributed by atoms with E-state index in [9.17, 15) is 8.42 Å². The highest BCUT2D eigenvalue weighted by Gasteiger charge is 2.31. The van der Waals surface area contributed by atoms with Crippen LogP contribution in [0.2, 0.25) is 0 Å². The van der Waals surface area contributed by atoms with E-state index in [1.54, 1.807) is 33.6 Å². The minimum atomic E-state index is -3.41. The molecule has 1 aromatic heterocycles. The van der Waals surface area contributed by atoms with Crippen LogP contribution in [0.3, 0.4) is 0 Å². The fourth-order valence-corrected chi connectivity index (χ4v) is 4.31. The van der Waals surface area contributed by atoms with Gasteiger partial charge in [0.2, 0.25) is 0 Å². The molecular formula is C18H24N4O3S. The summed E-state index contributed by atoms with van der Waals surface area (Å²) in [5, 5.41) is 0. The van der Waals surface area contributed by atoms with Gasteiger partial charge in [-0.2, -0.15) is 17.0 Å². The molecule has 1 aromatic carbocycles. The highest BCUT2D eigenvalue weighted by molar-refractivity contribution is 7.86. The van der Waals surface area contributed by atoms with E-state index in [2.05, 4.69) is 4.98 Å². The number of benzene rings is 1. The summed E-state index contributed by atoms with van der Waals surface area (Å²) in [6.07, 6.45) is 5.16. The smallest absolute Gasteiger partial charge is 0.281 e. The first-order valence-electron chi connectivity index (χ1n) is 8.56. The molecule has 0 radical (unpaired) electrons. The average molecular weight is 376 g/mol. The van der Waals surface area contributed by atoms with Crippen molar-refractivity contribution in [2.75, 3.05) is 34.3 Å². The zero-order chi connectivity index (χ0) is 18.7. The highest BCUT2D eigenvalue weighted by Crippen LogP contribution is 2.29. The van der Waals surface area contributed by atoms with Crippen LogP contribution in [0, 0.1) is 0 Å². The maximum absolute atomic E-state index is 12.4. The fraction of sp³-hybridized carbons (Fsp3) is 0.444. The topological polar surface area (TPSA) is 75.6 Å². The lowest BCUT2D eigenvalue weighted by atomic mass is 9.96. The number of methoxy groups -OCH3 is 1. The van der Waals surface area contributed by atoms with Crippen LogP contribution in [0.15, 0.2) is 36.7 Å². The molecule has 0 spiro atoms. The highest BCUT2D eigenvalue weighted by atomic mass is 32.2. The third-order valence-corrected chi connectivity index (χ3v) is 6.52. The van der Waals surface area contributed by atoms with Crippen LogP contribution in [0.25, 0.3) is 11.3 Å². The van der Waals surface area contributed by atoms with Gasteiger partial charge in [0.05, 0.1) is 24.7 Å². The second-order valence-corrected chi connectivity index (χ2v) is 8.69. The summed E-state index contributed by atoms with van der Waals surface area (Å²) in [5.41, 5.74) is 2.50. The lowest BCUT2D eigenvalue weighted by Gasteiger charge is -2.33. The van der Waals surface area contributed by atoms with Gasteiger partial charge >= 0.3 is 0 Å². The van der Waals surface area contributed by atoms with Crippen molar-refractivity contribution in [1.82, 2.24) is 18.6 Å². The largest absolute Gasteiger partial charge is 0.497 e. The minimum Gasteiger partial charge on any atom is -0.497 e. The first-order valence-corrected chi connectivity index (χ1v) is 9.95. The molecule has 1 fully saturated rings. The van der Waals surface area contributed by atoms with E-state index < -0.39 is 10.2 Å². The Morgan fingerprint density at radius 2 is 2.08 bits per heavy atom. The molecule has 3 rings (SSSR count). The number of hydrogen-bond donors (Lipinski definition) is 0. The summed E-state index contributed by atoms with van der Waals surface area (Å²) in [6, 6.07) is 7.66. The molecule has 0 bridgehead atoms. The number of aromatic nitrogens is 2. The van der Waals surface area contributed by atoms with Crippen molar-refractivity contribution in [3.8, 4) is 17.0 Å². The molecule has 0 amide bonds. The minimum absolute atomic E-state index is 0.0385. The molecule has 2 heterocycles. The summed E-state index contributed by atoms with van der Waals surface area (Å²) >= 11 is 0. The number of rotatable bonds is 5. The van der Waals surface area contributed by atoms with E-state index in [-0.39, 0.29) is 5.92 Å². The number of ether oxygens (including phenoxy) is 1. The molecule has 1 atom stereocenters. The van der Waals surface area contributed by atoms with E-state index in [0.717, 1.165) is 35.5 Å². The molecule has 0 N–H and O–H groups in total. The molecule has 1 aliphatic rings. The first kappa shape index (κ1) is 18.8. The Labute approximate surface area is 154 Å². The number of piperidine rings is 1. The fourth-order valence-electron chi connectivity index (χ4n) is 3.12. The van der Waals surface area contributed by atoms with Crippen molar-refractivity contribution in [3.05, 3.63) is 42.4 Å². The SMILES string of the molecule is COc1cccc(-c2cncc(C3CCCN(S(=O)(=O)N(C)C)C3)n2)c1. The van der Waals surface area contributed by atoms with Crippen molar-refractivity contribution < 1.29 is 13.2 Å². The Morgan fingerprint density at radius 3 is 2.81 bits per heavy atom. The monoisotopic (exact) mass is 376 g/mol. The van der Waals surface area contributed by atoms with Gasteiger partial charge in [0.25, 0.3) is 10.2 Å². The van der Waals surface area contributed by atoms with Gasteiger partial charge in [0.1, 0.15) is 5.75 Å². The Morgan fingerprint density at radius 1 is 1.27 bits per heavy atom. The third kappa shape index (κ3) is 3.87. The molecule has 7 nitrogen and oxygen atoms in total. The Hall–Kier alpha value is -2.03. The summed E-state index contributed by atoms with van der Waals surface area (Å²) in [6.45, 7) is 0.969. The van der Waals surface area contributed by atoms with E-state index >= 15 is 0 Å². The second-order valence-electron chi connectivity index (χ2n) is 6.55. The molecule has 8 heteroatoms. The molecule has 1 unspecified atom stereocenters. The van der Waals surface area contributed by atoms with Gasteiger partial charge in [-0.15, -0.1) is 0 Å². The van der Waals surface area contributed by atoms with Crippen LogP contribution in [0.1, 0.15) is 24.5 Å². The molecule has 140 valence electrons. The van der Waals surface area contributed by atoms with Crippen LogP contribution < -0.4 is 4.74 Å². The quantitative estimate of drug-likeness (QED) is 0.799. The van der Waals surface area contributed by atoms with Crippen molar-refractivity contribution in [3.63, 3.8) is 0 Å². The zero-order valence-electron chi connectivity index (χ0n) is 15.3. The van der Waals surface area contributed by atoms with Gasteiger partial charge in [-0.25, -0.2) is 4.98 Å². The maximum Gasteiger partial charge on any atom is 0.281 e. The number of hydrogen-bond acceptors (Lipinski definition) is 5. The molecule has 1 saturated heterocycles. The molecule has 26 heavy (non-hydrogen) atoms. The predicted molar refractivity (Wildman–Crippen MR) is 100 cm³/mol. The standard InChI is InChI=1S/C18H24N4O3S/c1-21(2)26(23,24)22-9-5-7-15(13-22)18-12-19-11-17(20-18)14-6-4-8-16(10-14)25-3/h4,6,8,10-12,15H,5,7,9,13H2,1-3H3. The maximum atomic E-state index is 12.4. The second kappa shape index (κ2) is 7.69. The van der Waals surface area contributed by atoms with Gasteiger partial charge < -0.3 is 4.74 Å². The number of nitrogens with zero attached hydrogens (tertiary/aromatic N) is 4. The van der Waals surface area contributed by atoms with Crippen molar-refractivity contribution >= 4 is 10.2 Å². The lowest BCUT2D eigenvalue weighted by Crippen LogP contribution is -2.45. The van der Waals surface area contributed by atoms with Crippen molar-refractivity contribution in [1.29, 1.82) is 0 Å². The van der Waals surface area contributed by atoms with E-state index in [1.165, 1.54) is 8.61 Å². The average Bonchev–Trinajstić information content (AvgIpc) is 2.68. The predicted octanol–water partition coefficient (Wildman–Crippen LogP) is 2.14.